The van der Waals surface area contributed by atoms with Gasteiger partial charge in [-0.25, -0.2) is 0 Å². The second-order valence-electron chi connectivity index (χ2n) is 15.8. The number of carbonyl (C=O) groups is 3. The summed E-state index contributed by atoms with van der Waals surface area (Å²) in [5.74, 6) is 1.52. The van der Waals surface area contributed by atoms with E-state index in [1.807, 2.05) is 0 Å². The van der Waals surface area contributed by atoms with Gasteiger partial charge in [0.1, 0.15) is 13.2 Å². The van der Waals surface area contributed by atoms with Crippen LogP contribution in [0.2, 0.25) is 0 Å². The molecule has 0 bridgehead atoms. The zero-order chi connectivity index (χ0) is 36.4. The van der Waals surface area contributed by atoms with Gasteiger partial charge in [-0.15, -0.1) is 0 Å². The quantitative estimate of drug-likeness (QED) is 0.0369. The largest absolute Gasteiger partial charge is 0.462 e. The maximum absolute atomic E-state index is 12.6. The van der Waals surface area contributed by atoms with Crippen LogP contribution in [0.5, 0.6) is 0 Å². The minimum atomic E-state index is -0.761. The Balaban J connectivity index is 4.38. The first-order valence-electron chi connectivity index (χ1n) is 21.1. The molecule has 6 nitrogen and oxygen atoms in total. The standard InChI is InChI=1S/C43H82O6/c1-7-39(6)31-25-19-15-16-21-27-33-42(45)48-36-40(35-47-41(44)32-26-20-14-10-12-18-24-30-38(4)5)49-43(46)34-28-22-13-9-8-11-17-23-29-37(2)3/h37-40H,7-36H2,1-6H3/t39?,40-/m0/s1. The van der Waals surface area contributed by atoms with Gasteiger partial charge in [0, 0.05) is 19.3 Å². The number of ether oxygens (including phenoxy) is 3. The van der Waals surface area contributed by atoms with Crippen molar-refractivity contribution in [2.75, 3.05) is 13.2 Å². The average Bonchev–Trinajstić information content (AvgIpc) is 3.06. The van der Waals surface area contributed by atoms with E-state index in [-0.39, 0.29) is 31.1 Å². The van der Waals surface area contributed by atoms with E-state index in [2.05, 4.69) is 41.5 Å². The smallest absolute Gasteiger partial charge is 0.306 e. The summed E-state index contributed by atoms with van der Waals surface area (Å²) in [7, 11) is 0. The van der Waals surface area contributed by atoms with Crippen LogP contribution in [0, 0.1) is 17.8 Å². The molecular formula is C43H82O6. The molecule has 0 aromatic heterocycles. The molecule has 49 heavy (non-hydrogen) atoms. The second kappa shape index (κ2) is 34.8. The Morgan fingerprint density at radius 2 is 0.714 bits per heavy atom. The summed E-state index contributed by atoms with van der Waals surface area (Å²) in [6.45, 7) is 13.5. The molecule has 0 saturated heterocycles. The van der Waals surface area contributed by atoms with Gasteiger partial charge in [-0.05, 0) is 37.0 Å². The molecule has 290 valence electrons. The first-order valence-corrected chi connectivity index (χ1v) is 21.1. The molecule has 0 aromatic carbocycles. The highest BCUT2D eigenvalue weighted by molar-refractivity contribution is 5.71. The van der Waals surface area contributed by atoms with Crippen molar-refractivity contribution in [3.05, 3.63) is 0 Å². The first kappa shape index (κ1) is 47.4. The first-order chi connectivity index (χ1) is 23.6. The number of hydrogen-bond acceptors (Lipinski definition) is 6. The molecule has 0 N–H and O–H groups in total. The van der Waals surface area contributed by atoms with Crippen molar-refractivity contribution in [1.29, 1.82) is 0 Å². The van der Waals surface area contributed by atoms with Crippen LogP contribution in [0.4, 0.5) is 0 Å². The number of esters is 3. The molecule has 0 radical (unpaired) electrons. The fourth-order valence-corrected chi connectivity index (χ4v) is 6.14. The fourth-order valence-electron chi connectivity index (χ4n) is 6.14. The van der Waals surface area contributed by atoms with Gasteiger partial charge in [-0.1, -0.05) is 183 Å². The summed E-state index contributed by atoms with van der Waals surface area (Å²) >= 11 is 0. The summed E-state index contributed by atoms with van der Waals surface area (Å²) < 4.78 is 16.6. The minimum absolute atomic E-state index is 0.0683. The molecule has 0 aromatic rings. The third kappa shape index (κ3) is 36.0. The monoisotopic (exact) mass is 695 g/mol. The van der Waals surface area contributed by atoms with E-state index in [0.29, 0.717) is 19.3 Å². The number of carbonyl (C=O) groups excluding carboxylic acids is 3. The lowest BCUT2D eigenvalue weighted by Gasteiger charge is -2.18. The highest BCUT2D eigenvalue weighted by Crippen LogP contribution is 2.16. The van der Waals surface area contributed by atoms with Crippen molar-refractivity contribution in [3.63, 3.8) is 0 Å². The molecule has 0 rings (SSSR count). The third-order valence-corrected chi connectivity index (χ3v) is 9.76. The molecule has 1 unspecified atom stereocenters. The third-order valence-electron chi connectivity index (χ3n) is 9.76. The summed E-state index contributed by atoms with van der Waals surface area (Å²) in [4.78, 5) is 37.5. The molecule has 0 saturated carbocycles. The van der Waals surface area contributed by atoms with Crippen molar-refractivity contribution in [1.82, 2.24) is 0 Å². The summed E-state index contributed by atoms with van der Waals surface area (Å²) in [6, 6.07) is 0. The van der Waals surface area contributed by atoms with Gasteiger partial charge in [-0.3, -0.25) is 14.4 Å². The van der Waals surface area contributed by atoms with Crippen molar-refractivity contribution >= 4 is 17.9 Å². The predicted octanol–water partition coefficient (Wildman–Crippen LogP) is 12.9. The highest BCUT2D eigenvalue weighted by atomic mass is 16.6. The van der Waals surface area contributed by atoms with Crippen molar-refractivity contribution in [3.8, 4) is 0 Å². The van der Waals surface area contributed by atoms with E-state index in [9.17, 15) is 14.4 Å². The molecule has 0 spiro atoms. The number of rotatable bonds is 36. The van der Waals surface area contributed by atoms with Crippen LogP contribution in [-0.2, 0) is 28.6 Å². The second-order valence-corrected chi connectivity index (χ2v) is 15.8. The molecule has 0 heterocycles. The van der Waals surface area contributed by atoms with Crippen LogP contribution >= 0.6 is 0 Å². The fraction of sp³-hybridized carbons (Fsp3) is 0.930. The molecule has 6 heteroatoms. The Hall–Kier alpha value is -1.59. The van der Waals surface area contributed by atoms with Crippen molar-refractivity contribution < 1.29 is 28.6 Å². The Morgan fingerprint density at radius 3 is 1.06 bits per heavy atom. The molecular weight excluding hydrogens is 612 g/mol. The Kier molecular flexibility index (Phi) is 33.7. The van der Waals surface area contributed by atoms with Crippen molar-refractivity contribution in [2.45, 2.75) is 227 Å². The Morgan fingerprint density at radius 1 is 0.408 bits per heavy atom. The summed E-state index contributed by atoms with van der Waals surface area (Å²) in [5, 5.41) is 0. The highest BCUT2D eigenvalue weighted by Gasteiger charge is 2.19. The van der Waals surface area contributed by atoms with Gasteiger partial charge in [-0.2, -0.15) is 0 Å². The Labute approximate surface area is 304 Å². The van der Waals surface area contributed by atoms with Crippen LogP contribution in [-0.4, -0.2) is 37.2 Å². The zero-order valence-electron chi connectivity index (χ0n) is 33.5. The maximum atomic E-state index is 12.6. The predicted molar refractivity (Wildman–Crippen MR) is 206 cm³/mol. The van der Waals surface area contributed by atoms with Gasteiger partial charge in [0.25, 0.3) is 0 Å². The van der Waals surface area contributed by atoms with E-state index in [4.69, 9.17) is 14.2 Å². The van der Waals surface area contributed by atoms with Crippen LogP contribution in [0.3, 0.4) is 0 Å². The molecule has 2 atom stereocenters. The summed E-state index contributed by atoms with van der Waals surface area (Å²) in [5.41, 5.74) is 0. The van der Waals surface area contributed by atoms with E-state index in [1.54, 1.807) is 0 Å². The van der Waals surface area contributed by atoms with Crippen LogP contribution < -0.4 is 0 Å². The maximum Gasteiger partial charge on any atom is 0.306 e. The minimum Gasteiger partial charge on any atom is -0.462 e. The van der Waals surface area contributed by atoms with Crippen LogP contribution in [0.25, 0.3) is 0 Å². The molecule has 0 aliphatic carbocycles. The normalized spacial score (nSPS) is 12.7. The van der Waals surface area contributed by atoms with E-state index in [1.165, 1.54) is 103 Å². The van der Waals surface area contributed by atoms with Crippen LogP contribution in [0.1, 0.15) is 221 Å². The van der Waals surface area contributed by atoms with Gasteiger partial charge in [0.15, 0.2) is 6.10 Å². The average molecular weight is 695 g/mol. The zero-order valence-corrected chi connectivity index (χ0v) is 33.5. The lowest BCUT2D eigenvalue weighted by molar-refractivity contribution is -0.167. The lowest BCUT2D eigenvalue weighted by Crippen LogP contribution is -2.30. The van der Waals surface area contributed by atoms with E-state index >= 15 is 0 Å². The van der Waals surface area contributed by atoms with E-state index < -0.39 is 6.10 Å². The lowest BCUT2D eigenvalue weighted by atomic mass is 10.00. The van der Waals surface area contributed by atoms with Gasteiger partial charge < -0.3 is 14.2 Å². The molecule has 0 amide bonds. The van der Waals surface area contributed by atoms with E-state index in [0.717, 1.165) is 75.5 Å². The number of hydrogen-bond donors (Lipinski definition) is 0. The summed E-state index contributed by atoms with van der Waals surface area (Å²) in [6.07, 6.45) is 29.6. The van der Waals surface area contributed by atoms with Crippen molar-refractivity contribution in [2.24, 2.45) is 17.8 Å². The van der Waals surface area contributed by atoms with Gasteiger partial charge in [0.2, 0.25) is 0 Å². The van der Waals surface area contributed by atoms with Gasteiger partial charge in [0.05, 0.1) is 0 Å². The molecule has 0 aliphatic rings. The SMILES string of the molecule is CCC(C)CCCCCCCCC(=O)OC[C@H](COC(=O)CCCCCCCCCC(C)C)OC(=O)CCCCCCCCCCC(C)C. The van der Waals surface area contributed by atoms with Gasteiger partial charge >= 0.3 is 17.9 Å². The molecule has 0 aliphatic heterocycles. The number of unbranched alkanes of at least 4 members (excludes halogenated alkanes) is 18. The Bertz CT molecular complexity index is 763. The van der Waals surface area contributed by atoms with Crippen LogP contribution in [0.15, 0.2) is 0 Å². The molecule has 0 fully saturated rings. The topological polar surface area (TPSA) is 78.9 Å².